The Balaban J connectivity index is 2.16. The van der Waals surface area contributed by atoms with Crippen molar-refractivity contribution < 1.29 is 9.53 Å². The zero-order valence-electron chi connectivity index (χ0n) is 11.2. The first-order valence-electron chi connectivity index (χ1n) is 6.42. The highest BCUT2D eigenvalue weighted by atomic mass is 79.9. The molecule has 3 N–H and O–H groups in total. The number of carbonyl (C=O) groups is 1. The van der Waals surface area contributed by atoms with Gasteiger partial charge in [-0.2, -0.15) is 0 Å². The number of amides is 1. The summed E-state index contributed by atoms with van der Waals surface area (Å²) < 4.78 is 6.20. The second-order valence-corrected chi connectivity index (χ2v) is 5.87. The normalized spacial score (nSPS) is 22.5. The van der Waals surface area contributed by atoms with E-state index >= 15 is 0 Å². The zero-order chi connectivity index (χ0) is 14.0. The van der Waals surface area contributed by atoms with Crippen molar-refractivity contribution >= 4 is 27.5 Å². The van der Waals surface area contributed by atoms with E-state index < -0.39 is 0 Å². The number of halogens is 1. The van der Waals surface area contributed by atoms with Crippen LogP contribution in [0.5, 0.6) is 0 Å². The highest BCUT2D eigenvalue weighted by Gasteiger charge is 2.29. The molecule has 0 radical (unpaired) electrons. The van der Waals surface area contributed by atoms with E-state index in [0.29, 0.717) is 11.3 Å². The molecule has 2 rings (SSSR count). The number of carbonyl (C=O) groups excluding carboxylic acids is 1. The molecule has 5 heteroatoms. The maximum absolute atomic E-state index is 12.3. The third-order valence-corrected chi connectivity index (χ3v) is 4.19. The van der Waals surface area contributed by atoms with Crippen LogP contribution in [0.15, 0.2) is 16.6 Å². The molecule has 1 fully saturated rings. The summed E-state index contributed by atoms with van der Waals surface area (Å²) in [7, 11) is 1.69. The van der Waals surface area contributed by atoms with Gasteiger partial charge in [0.1, 0.15) is 0 Å². The van der Waals surface area contributed by atoms with E-state index in [2.05, 4.69) is 21.2 Å². The maximum Gasteiger partial charge on any atom is 0.251 e. The van der Waals surface area contributed by atoms with Gasteiger partial charge in [0.05, 0.1) is 12.1 Å². The minimum Gasteiger partial charge on any atom is -0.398 e. The van der Waals surface area contributed by atoms with Crippen LogP contribution in [0, 0.1) is 6.92 Å². The van der Waals surface area contributed by atoms with Gasteiger partial charge in [-0.3, -0.25) is 4.79 Å². The van der Waals surface area contributed by atoms with Crippen LogP contribution in [0.3, 0.4) is 0 Å². The molecule has 0 aliphatic heterocycles. The Bertz CT molecular complexity index is 491. The predicted octanol–water partition coefficient (Wildman–Crippen LogP) is 2.64. The number of rotatable bonds is 3. The fourth-order valence-corrected chi connectivity index (χ4v) is 3.03. The van der Waals surface area contributed by atoms with Gasteiger partial charge in [-0.15, -0.1) is 0 Å². The number of ether oxygens (including phenoxy) is 1. The quantitative estimate of drug-likeness (QED) is 0.839. The van der Waals surface area contributed by atoms with Crippen LogP contribution in [0.2, 0.25) is 0 Å². The van der Waals surface area contributed by atoms with Crippen molar-refractivity contribution in [2.45, 2.75) is 38.3 Å². The van der Waals surface area contributed by atoms with Gasteiger partial charge in [-0.25, -0.2) is 0 Å². The molecule has 0 aromatic heterocycles. The second-order valence-electron chi connectivity index (χ2n) is 4.95. The highest BCUT2D eigenvalue weighted by Crippen LogP contribution is 2.25. The van der Waals surface area contributed by atoms with Gasteiger partial charge in [0.15, 0.2) is 0 Å². The van der Waals surface area contributed by atoms with E-state index in [-0.39, 0.29) is 18.1 Å². The van der Waals surface area contributed by atoms with Gasteiger partial charge in [0.2, 0.25) is 0 Å². The van der Waals surface area contributed by atoms with Gasteiger partial charge in [0.25, 0.3) is 5.91 Å². The minimum atomic E-state index is -0.0838. The van der Waals surface area contributed by atoms with Crippen molar-refractivity contribution in [1.82, 2.24) is 5.32 Å². The van der Waals surface area contributed by atoms with Crippen LogP contribution in [0.4, 0.5) is 5.69 Å². The maximum atomic E-state index is 12.3. The fourth-order valence-electron chi connectivity index (χ4n) is 2.56. The lowest BCUT2D eigenvalue weighted by Crippen LogP contribution is -2.41. The van der Waals surface area contributed by atoms with Crippen LogP contribution >= 0.6 is 15.9 Å². The lowest BCUT2D eigenvalue weighted by atomic mass is 10.1. The molecule has 0 saturated heterocycles. The molecule has 4 nitrogen and oxygen atoms in total. The first-order valence-corrected chi connectivity index (χ1v) is 7.21. The van der Waals surface area contributed by atoms with Crippen LogP contribution in [-0.2, 0) is 4.74 Å². The summed E-state index contributed by atoms with van der Waals surface area (Å²) in [6, 6.07) is 3.70. The zero-order valence-corrected chi connectivity index (χ0v) is 12.8. The number of benzene rings is 1. The molecule has 104 valence electrons. The van der Waals surface area contributed by atoms with Crippen molar-refractivity contribution in [1.29, 1.82) is 0 Å². The van der Waals surface area contributed by atoms with E-state index in [1.807, 2.05) is 6.92 Å². The number of nitrogen functional groups attached to an aromatic ring is 1. The Morgan fingerprint density at radius 3 is 2.89 bits per heavy atom. The number of nitrogens with one attached hydrogen (secondary N) is 1. The molecule has 1 aliphatic carbocycles. The fraction of sp³-hybridized carbons (Fsp3) is 0.500. The molecular weight excluding hydrogens is 308 g/mol. The number of anilines is 1. The molecule has 2 atom stereocenters. The average Bonchev–Trinajstić information content (AvgIpc) is 2.80. The second kappa shape index (κ2) is 5.92. The molecule has 1 saturated carbocycles. The lowest BCUT2D eigenvalue weighted by Gasteiger charge is -2.20. The minimum absolute atomic E-state index is 0.0838. The molecule has 1 aromatic carbocycles. The monoisotopic (exact) mass is 326 g/mol. The van der Waals surface area contributed by atoms with Crippen LogP contribution in [0.1, 0.15) is 35.2 Å². The Labute approximate surface area is 121 Å². The van der Waals surface area contributed by atoms with Crippen LogP contribution in [-0.4, -0.2) is 25.2 Å². The van der Waals surface area contributed by atoms with Gasteiger partial charge in [-0.1, -0.05) is 15.9 Å². The number of hydrogen-bond donors (Lipinski definition) is 2. The highest BCUT2D eigenvalue weighted by molar-refractivity contribution is 9.10. The third kappa shape index (κ3) is 3.09. The number of hydrogen-bond acceptors (Lipinski definition) is 3. The summed E-state index contributed by atoms with van der Waals surface area (Å²) in [4.78, 5) is 12.3. The molecule has 0 heterocycles. The standard InChI is InChI=1S/C14H19BrN2O2/c1-8-10(6-9(15)7-11(8)16)14(18)17-12-4-3-5-13(12)19-2/h6-7,12-13H,3-5,16H2,1-2H3,(H,17,18). The smallest absolute Gasteiger partial charge is 0.251 e. The van der Waals surface area contributed by atoms with Gasteiger partial charge in [0, 0.05) is 22.8 Å². The summed E-state index contributed by atoms with van der Waals surface area (Å²) >= 11 is 3.37. The molecule has 0 spiro atoms. The van der Waals surface area contributed by atoms with Gasteiger partial charge in [-0.05, 0) is 43.9 Å². The largest absolute Gasteiger partial charge is 0.398 e. The summed E-state index contributed by atoms with van der Waals surface area (Å²) in [5.74, 6) is -0.0838. The molecule has 1 amide bonds. The summed E-state index contributed by atoms with van der Waals surface area (Å²) in [5, 5.41) is 3.05. The van der Waals surface area contributed by atoms with E-state index in [4.69, 9.17) is 10.5 Å². The van der Waals surface area contributed by atoms with Crippen molar-refractivity contribution in [2.75, 3.05) is 12.8 Å². The van der Waals surface area contributed by atoms with Crippen molar-refractivity contribution in [3.05, 3.63) is 27.7 Å². The van der Waals surface area contributed by atoms with E-state index in [1.165, 1.54) is 0 Å². The summed E-state index contributed by atoms with van der Waals surface area (Å²) in [6.07, 6.45) is 3.17. The SMILES string of the molecule is COC1CCCC1NC(=O)c1cc(Br)cc(N)c1C. The average molecular weight is 327 g/mol. The predicted molar refractivity (Wildman–Crippen MR) is 79.2 cm³/mol. The Kier molecular flexibility index (Phi) is 4.47. The van der Waals surface area contributed by atoms with E-state index in [0.717, 1.165) is 29.3 Å². The van der Waals surface area contributed by atoms with E-state index in [9.17, 15) is 4.79 Å². The van der Waals surface area contributed by atoms with E-state index in [1.54, 1.807) is 19.2 Å². The Morgan fingerprint density at radius 1 is 1.47 bits per heavy atom. The molecule has 1 aliphatic rings. The molecule has 1 aromatic rings. The first-order chi connectivity index (χ1) is 9.02. The van der Waals surface area contributed by atoms with Crippen LogP contribution < -0.4 is 11.1 Å². The Morgan fingerprint density at radius 2 is 2.21 bits per heavy atom. The van der Waals surface area contributed by atoms with Gasteiger partial charge < -0.3 is 15.8 Å². The van der Waals surface area contributed by atoms with Gasteiger partial charge >= 0.3 is 0 Å². The van der Waals surface area contributed by atoms with Crippen LogP contribution in [0.25, 0.3) is 0 Å². The number of nitrogens with two attached hydrogens (primary N) is 1. The Hall–Kier alpha value is -1.07. The summed E-state index contributed by atoms with van der Waals surface area (Å²) in [5.41, 5.74) is 7.94. The third-order valence-electron chi connectivity index (χ3n) is 3.73. The molecular formula is C14H19BrN2O2. The molecule has 19 heavy (non-hydrogen) atoms. The van der Waals surface area contributed by atoms with Crippen molar-refractivity contribution in [2.24, 2.45) is 0 Å². The topological polar surface area (TPSA) is 64.3 Å². The van der Waals surface area contributed by atoms with Crippen molar-refractivity contribution in [3.63, 3.8) is 0 Å². The molecule has 2 unspecified atom stereocenters. The lowest BCUT2D eigenvalue weighted by molar-refractivity contribution is 0.0722. The first kappa shape index (κ1) is 14.3. The number of methoxy groups -OCH3 is 1. The summed E-state index contributed by atoms with van der Waals surface area (Å²) in [6.45, 7) is 1.86. The van der Waals surface area contributed by atoms with Crippen molar-refractivity contribution in [3.8, 4) is 0 Å². The molecule has 0 bridgehead atoms.